The summed E-state index contributed by atoms with van der Waals surface area (Å²) in [6.07, 6.45) is 1.03. The molecule has 2 heteroatoms. The van der Waals surface area contributed by atoms with Crippen LogP contribution >= 0.6 is 0 Å². The van der Waals surface area contributed by atoms with Gasteiger partial charge >= 0.3 is 0 Å². The maximum atomic E-state index is 5.83. The van der Waals surface area contributed by atoms with Crippen molar-refractivity contribution in [3.05, 3.63) is 29.3 Å². The van der Waals surface area contributed by atoms with Crippen LogP contribution in [0.5, 0.6) is 5.75 Å². The Kier molecular flexibility index (Phi) is 3.32. The van der Waals surface area contributed by atoms with E-state index in [2.05, 4.69) is 19.1 Å². The molecule has 0 aliphatic carbocycles. The quantitative estimate of drug-likeness (QED) is 0.772. The lowest BCUT2D eigenvalue weighted by molar-refractivity contribution is 0.406. The summed E-state index contributed by atoms with van der Waals surface area (Å²) in [6.45, 7) is 4.10. The van der Waals surface area contributed by atoms with Crippen LogP contribution in [-0.2, 0) is 6.42 Å². The van der Waals surface area contributed by atoms with Crippen LogP contribution in [0.15, 0.2) is 18.2 Å². The van der Waals surface area contributed by atoms with E-state index in [1.165, 1.54) is 5.56 Å². The molecule has 72 valence electrons. The first-order valence-corrected chi connectivity index (χ1v) is 4.61. The van der Waals surface area contributed by atoms with Gasteiger partial charge in [0.15, 0.2) is 0 Å². The van der Waals surface area contributed by atoms with Gasteiger partial charge in [0, 0.05) is 11.6 Å². The Labute approximate surface area is 79.7 Å². The lowest BCUT2D eigenvalue weighted by Crippen LogP contribution is -2.07. The Balaban J connectivity index is 3.10. The highest BCUT2D eigenvalue weighted by molar-refractivity contribution is 5.39. The summed E-state index contributed by atoms with van der Waals surface area (Å²) in [5.74, 6) is 0.882. The summed E-state index contributed by atoms with van der Waals surface area (Å²) in [7, 11) is 1.67. The van der Waals surface area contributed by atoms with Crippen molar-refractivity contribution in [2.75, 3.05) is 7.11 Å². The largest absolute Gasteiger partial charge is 0.496 e. The number of benzene rings is 1. The van der Waals surface area contributed by atoms with E-state index in [4.69, 9.17) is 10.5 Å². The van der Waals surface area contributed by atoms with Crippen LogP contribution in [0.3, 0.4) is 0 Å². The fraction of sp³-hybridized carbons (Fsp3) is 0.455. The van der Waals surface area contributed by atoms with Crippen LogP contribution in [-0.4, -0.2) is 7.11 Å². The minimum absolute atomic E-state index is 0.0291. The molecule has 0 fully saturated rings. The van der Waals surface area contributed by atoms with Gasteiger partial charge in [0.05, 0.1) is 7.11 Å². The van der Waals surface area contributed by atoms with Gasteiger partial charge in [0.25, 0.3) is 0 Å². The van der Waals surface area contributed by atoms with Gasteiger partial charge in [-0.15, -0.1) is 0 Å². The molecule has 0 saturated carbocycles. The molecule has 1 aromatic carbocycles. The molecule has 2 N–H and O–H groups in total. The van der Waals surface area contributed by atoms with E-state index in [0.717, 1.165) is 17.7 Å². The number of rotatable bonds is 3. The molecule has 0 aliphatic heterocycles. The molecule has 0 unspecified atom stereocenters. The zero-order chi connectivity index (χ0) is 9.84. The fourth-order valence-electron chi connectivity index (χ4n) is 1.36. The third-order valence-electron chi connectivity index (χ3n) is 2.19. The molecule has 1 atom stereocenters. The summed E-state index contributed by atoms with van der Waals surface area (Å²) < 4.78 is 5.23. The summed E-state index contributed by atoms with van der Waals surface area (Å²) in [6, 6.07) is 6.20. The van der Waals surface area contributed by atoms with E-state index in [-0.39, 0.29) is 6.04 Å². The first kappa shape index (κ1) is 10.1. The van der Waals surface area contributed by atoms with E-state index in [1.54, 1.807) is 7.11 Å². The van der Waals surface area contributed by atoms with Crippen molar-refractivity contribution in [3.8, 4) is 5.75 Å². The number of ether oxygens (including phenoxy) is 1. The molecule has 0 bridgehead atoms. The molecule has 0 aromatic heterocycles. The molecule has 0 saturated heterocycles. The minimum Gasteiger partial charge on any atom is -0.496 e. The zero-order valence-corrected chi connectivity index (χ0v) is 8.50. The predicted molar refractivity (Wildman–Crippen MR) is 55.0 cm³/mol. The van der Waals surface area contributed by atoms with Gasteiger partial charge in [-0.3, -0.25) is 0 Å². The zero-order valence-electron chi connectivity index (χ0n) is 8.50. The Morgan fingerprint density at radius 1 is 1.46 bits per heavy atom. The molecular formula is C11H17NO. The average Bonchev–Trinajstić information content (AvgIpc) is 2.16. The van der Waals surface area contributed by atoms with Crippen molar-refractivity contribution < 1.29 is 4.74 Å². The minimum atomic E-state index is 0.0291. The van der Waals surface area contributed by atoms with Crippen LogP contribution in [0.25, 0.3) is 0 Å². The molecule has 2 nitrogen and oxygen atoms in total. The first-order valence-electron chi connectivity index (χ1n) is 4.61. The second kappa shape index (κ2) is 4.28. The topological polar surface area (TPSA) is 35.2 Å². The van der Waals surface area contributed by atoms with Crippen molar-refractivity contribution in [3.63, 3.8) is 0 Å². The highest BCUT2D eigenvalue weighted by atomic mass is 16.5. The molecular weight excluding hydrogens is 162 g/mol. The smallest absolute Gasteiger partial charge is 0.123 e. The van der Waals surface area contributed by atoms with Crippen LogP contribution in [0, 0.1) is 0 Å². The van der Waals surface area contributed by atoms with Gasteiger partial charge < -0.3 is 10.5 Å². The Hall–Kier alpha value is -1.02. The Morgan fingerprint density at radius 2 is 2.15 bits per heavy atom. The molecule has 0 spiro atoms. The molecule has 13 heavy (non-hydrogen) atoms. The van der Waals surface area contributed by atoms with Crippen molar-refractivity contribution >= 4 is 0 Å². The van der Waals surface area contributed by atoms with Gasteiger partial charge in [-0.05, 0) is 25.0 Å². The third-order valence-corrected chi connectivity index (χ3v) is 2.19. The standard InChI is InChI=1S/C11H17NO/c1-4-9-5-6-11(13-3)10(7-9)8(2)12/h5-8H,4,12H2,1-3H3/t8-/m1/s1. The van der Waals surface area contributed by atoms with Crippen LogP contribution in [0.2, 0.25) is 0 Å². The van der Waals surface area contributed by atoms with Gasteiger partial charge in [0.1, 0.15) is 5.75 Å². The van der Waals surface area contributed by atoms with Gasteiger partial charge in [-0.2, -0.15) is 0 Å². The monoisotopic (exact) mass is 179 g/mol. The first-order chi connectivity index (χ1) is 6.19. The second-order valence-corrected chi connectivity index (χ2v) is 3.22. The van der Waals surface area contributed by atoms with Crippen molar-refractivity contribution in [1.29, 1.82) is 0 Å². The van der Waals surface area contributed by atoms with E-state index >= 15 is 0 Å². The number of hydrogen-bond donors (Lipinski definition) is 1. The number of hydrogen-bond acceptors (Lipinski definition) is 2. The molecule has 0 aliphatic rings. The summed E-state index contributed by atoms with van der Waals surface area (Å²) in [4.78, 5) is 0. The normalized spacial score (nSPS) is 12.6. The van der Waals surface area contributed by atoms with Crippen LogP contribution in [0.4, 0.5) is 0 Å². The van der Waals surface area contributed by atoms with E-state index < -0.39 is 0 Å². The van der Waals surface area contributed by atoms with Crippen LogP contribution < -0.4 is 10.5 Å². The maximum absolute atomic E-state index is 5.83. The third kappa shape index (κ3) is 2.22. The number of methoxy groups -OCH3 is 1. The average molecular weight is 179 g/mol. The van der Waals surface area contributed by atoms with Crippen LogP contribution in [0.1, 0.15) is 31.0 Å². The van der Waals surface area contributed by atoms with Crippen molar-refractivity contribution in [2.45, 2.75) is 26.3 Å². The van der Waals surface area contributed by atoms with Gasteiger partial charge in [-0.1, -0.05) is 19.1 Å². The van der Waals surface area contributed by atoms with Gasteiger partial charge in [0.2, 0.25) is 0 Å². The maximum Gasteiger partial charge on any atom is 0.123 e. The van der Waals surface area contributed by atoms with E-state index in [1.807, 2.05) is 13.0 Å². The summed E-state index contributed by atoms with van der Waals surface area (Å²) in [5.41, 5.74) is 8.22. The Bertz CT molecular complexity index is 281. The summed E-state index contributed by atoms with van der Waals surface area (Å²) >= 11 is 0. The number of nitrogens with two attached hydrogens (primary N) is 1. The molecule has 1 rings (SSSR count). The fourth-order valence-corrected chi connectivity index (χ4v) is 1.36. The SMILES string of the molecule is CCc1ccc(OC)c([C@@H](C)N)c1. The highest BCUT2D eigenvalue weighted by Gasteiger charge is 2.07. The summed E-state index contributed by atoms with van der Waals surface area (Å²) in [5, 5.41) is 0. The lowest BCUT2D eigenvalue weighted by Gasteiger charge is -2.12. The van der Waals surface area contributed by atoms with E-state index in [9.17, 15) is 0 Å². The predicted octanol–water partition coefficient (Wildman–Crippen LogP) is 2.28. The number of aryl methyl sites for hydroxylation is 1. The lowest BCUT2D eigenvalue weighted by atomic mass is 10.0. The molecule has 0 amide bonds. The second-order valence-electron chi connectivity index (χ2n) is 3.22. The van der Waals surface area contributed by atoms with Gasteiger partial charge in [-0.25, -0.2) is 0 Å². The highest BCUT2D eigenvalue weighted by Crippen LogP contribution is 2.24. The Morgan fingerprint density at radius 3 is 2.62 bits per heavy atom. The van der Waals surface area contributed by atoms with Crippen molar-refractivity contribution in [1.82, 2.24) is 0 Å². The molecule has 0 heterocycles. The molecule has 1 aromatic rings. The van der Waals surface area contributed by atoms with E-state index in [0.29, 0.717) is 0 Å². The molecule has 0 radical (unpaired) electrons. The van der Waals surface area contributed by atoms with Crippen molar-refractivity contribution in [2.24, 2.45) is 5.73 Å².